The summed E-state index contributed by atoms with van der Waals surface area (Å²) in [5, 5.41) is 0. The number of hydrogen-bond acceptors (Lipinski definition) is 6. The summed E-state index contributed by atoms with van der Waals surface area (Å²) in [7, 11) is 1.35. The van der Waals surface area contributed by atoms with E-state index in [4.69, 9.17) is 15.2 Å². The van der Waals surface area contributed by atoms with Crippen LogP contribution in [0.5, 0.6) is 0 Å². The molecule has 3 unspecified atom stereocenters. The van der Waals surface area contributed by atoms with Crippen LogP contribution in [-0.2, 0) is 14.3 Å². The minimum atomic E-state index is -0.384. The van der Waals surface area contributed by atoms with E-state index in [0.29, 0.717) is 11.4 Å². The van der Waals surface area contributed by atoms with Gasteiger partial charge in [-0.25, -0.2) is 4.79 Å². The summed E-state index contributed by atoms with van der Waals surface area (Å²) in [6, 6.07) is -0.229. The normalized spacial score (nSPS) is 31.2. The van der Waals surface area contributed by atoms with Gasteiger partial charge in [-0.2, -0.15) is 0 Å². The number of nitrogens with zero attached hydrogens (tertiary/aromatic N) is 2. The number of hydrogen-bond donors (Lipinski definition) is 1. The number of aliphatic imine (C=N–C) groups is 1. The molecule has 20 heavy (non-hydrogen) atoms. The molecule has 0 aliphatic carbocycles. The number of esters is 1. The average Bonchev–Trinajstić information content (AvgIpc) is 3.02. The van der Waals surface area contributed by atoms with E-state index in [1.165, 1.54) is 7.11 Å². The number of rotatable bonds is 2. The molecule has 3 rings (SSSR count). The van der Waals surface area contributed by atoms with Crippen molar-refractivity contribution in [3.8, 4) is 0 Å². The third-order valence-corrected chi connectivity index (χ3v) is 3.58. The maximum atomic E-state index is 11.5. The Morgan fingerprint density at radius 3 is 3.05 bits per heavy atom. The third-order valence-electron chi connectivity index (χ3n) is 3.58. The fraction of sp³-hybridized carbons (Fsp3) is 0.429. The highest BCUT2D eigenvalue weighted by molar-refractivity contribution is 6.05. The van der Waals surface area contributed by atoms with Crippen LogP contribution in [0.4, 0.5) is 0 Å². The molecule has 0 aromatic rings. The van der Waals surface area contributed by atoms with Crippen LogP contribution >= 0.6 is 0 Å². The van der Waals surface area contributed by atoms with Gasteiger partial charge in [-0.1, -0.05) is 0 Å². The van der Waals surface area contributed by atoms with Gasteiger partial charge < -0.3 is 20.1 Å². The molecule has 0 aromatic heterocycles. The lowest BCUT2D eigenvalue weighted by atomic mass is 10.1. The van der Waals surface area contributed by atoms with Gasteiger partial charge in [0.15, 0.2) is 0 Å². The molecule has 106 valence electrons. The first-order valence-electron chi connectivity index (χ1n) is 6.57. The quantitative estimate of drug-likeness (QED) is 0.750. The Kier molecular flexibility index (Phi) is 3.10. The van der Waals surface area contributed by atoms with Gasteiger partial charge in [-0.3, -0.25) is 4.99 Å². The predicted molar refractivity (Wildman–Crippen MR) is 73.5 cm³/mol. The second kappa shape index (κ2) is 4.79. The first kappa shape index (κ1) is 12.9. The Labute approximate surface area is 117 Å². The number of amidine groups is 1. The first-order chi connectivity index (χ1) is 9.60. The van der Waals surface area contributed by atoms with Gasteiger partial charge in [0.25, 0.3) is 0 Å². The highest BCUT2D eigenvalue weighted by atomic mass is 16.5. The molecule has 2 N–H and O–H groups in total. The van der Waals surface area contributed by atoms with Gasteiger partial charge in [-0.05, 0) is 25.2 Å². The minimum Gasteiger partial charge on any atom is -0.493 e. The van der Waals surface area contributed by atoms with Crippen LogP contribution in [0.25, 0.3) is 0 Å². The molecule has 0 spiro atoms. The molecular formula is C14H17N3O3. The lowest BCUT2D eigenvalue weighted by Gasteiger charge is -2.25. The van der Waals surface area contributed by atoms with E-state index in [1.807, 2.05) is 17.9 Å². The summed E-state index contributed by atoms with van der Waals surface area (Å²) < 4.78 is 10.4. The molecule has 6 nitrogen and oxygen atoms in total. The lowest BCUT2D eigenvalue weighted by Crippen LogP contribution is -2.44. The molecule has 0 radical (unpaired) electrons. The fourth-order valence-corrected chi connectivity index (χ4v) is 2.50. The summed E-state index contributed by atoms with van der Waals surface area (Å²) in [4.78, 5) is 17.9. The molecule has 0 saturated heterocycles. The van der Waals surface area contributed by atoms with Crippen molar-refractivity contribution < 1.29 is 14.3 Å². The van der Waals surface area contributed by atoms with Crippen molar-refractivity contribution in [3.63, 3.8) is 0 Å². The zero-order valence-electron chi connectivity index (χ0n) is 11.4. The number of methoxy groups -OCH3 is 1. The van der Waals surface area contributed by atoms with Crippen LogP contribution in [0.3, 0.4) is 0 Å². The van der Waals surface area contributed by atoms with Crippen molar-refractivity contribution in [1.29, 1.82) is 0 Å². The Morgan fingerprint density at radius 1 is 1.60 bits per heavy atom. The lowest BCUT2D eigenvalue weighted by molar-refractivity contribution is -0.135. The number of fused-ring (bicyclic) bond motifs is 1. The van der Waals surface area contributed by atoms with Crippen LogP contribution in [-0.4, -0.2) is 42.1 Å². The minimum absolute atomic E-state index is 0.173. The second-order valence-electron chi connectivity index (χ2n) is 5.01. The van der Waals surface area contributed by atoms with Crippen LogP contribution in [0.15, 0.2) is 40.8 Å². The summed E-state index contributed by atoms with van der Waals surface area (Å²) in [5.41, 5.74) is 6.67. The van der Waals surface area contributed by atoms with Gasteiger partial charge in [0.05, 0.1) is 18.8 Å². The van der Waals surface area contributed by atoms with E-state index in [9.17, 15) is 4.79 Å². The molecule has 3 aliphatic rings. The summed E-state index contributed by atoms with van der Waals surface area (Å²) in [6.45, 7) is 2.01. The van der Waals surface area contributed by atoms with Crippen molar-refractivity contribution in [2.75, 3.05) is 7.11 Å². The largest absolute Gasteiger partial charge is 0.493 e. The Hall–Kier alpha value is -2.08. The van der Waals surface area contributed by atoms with Crippen molar-refractivity contribution in [1.82, 2.24) is 4.90 Å². The van der Waals surface area contributed by atoms with Gasteiger partial charge >= 0.3 is 5.97 Å². The predicted octanol–water partition coefficient (Wildman–Crippen LogP) is 0.673. The number of nitrogens with two attached hydrogens (primary N) is 1. The van der Waals surface area contributed by atoms with Crippen LogP contribution in [0.2, 0.25) is 0 Å². The van der Waals surface area contributed by atoms with E-state index < -0.39 is 0 Å². The molecule has 0 aromatic carbocycles. The average molecular weight is 275 g/mol. The topological polar surface area (TPSA) is 77.1 Å². The molecule has 0 fully saturated rings. The standard InChI is InChI=1S/C14H17N3O3/c1-8-3-4-10(20-8)12-13(15)17-6-5-9(14(18)19-2)7-11(17)16-12/h4-8,12-13H,3,15H2,1-2H3. The van der Waals surface area contributed by atoms with E-state index in [0.717, 1.165) is 12.2 Å². The summed E-state index contributed by atoms with van der Waals surface area (Å²) in [6.07, 6.45) is 7.90. The molecule has 0 saturated carbocycles. The van der Waals surface area contributed by atoms with E-state index in [-0.39, 0.29) is 24.3 Å². The first-order valence-corrected chi connectivity index (χ1v) is 6.57. The van der Waals surface area contributed by atoms with E-state index in [1.54, 1.807) is 18.4 Å². The van der Waals surface area contributed by atoms with Gasteiger partial charge in [0.1, 0.15) is 23.8 Å². The Balaban J connectivity index is 1.86. The van der Waals surface area contributed by atoms with Crippen LogP contribution < -0.4 is 5.73 Å². The molecule has 0 amide bonds. The summed E-state index contributed by atoms with van der Waals surface area (Å²) >= 11 is 0. The highest BCUT2D eigenvalue weighted by Gasteiger charge is 2.38. The van der Waals surface area contributed by atoms with Gasteiger partial charge in [0.2, 0.25) is 0 Å². The SMILES string of the molecule is COC(=O)C1=CC2=NC(C3=CCC(C)O3)C(N)N2C=C1. The fourth-order valence-electron chi connectivity index (χ4n) is 2.50. The maximum absolute atomic E-state index is 11.5. The zero-order valence-corrected chi connectivity index (χ0v) is 11.4. The smallest absolute Gasteiger partial charge is 0.338 e. The van der Waals surface area contributed by atoms with Crippen molar-refractivity contribution in [3.05, 3.63) is 35.8 Å². The molecule has 3 aliphatic heterocycles. The number of carbonyl (C=O) groups excluding carboxylic acids is 1. The van der Waals surface area contributed by atoms with Crippen molar-refractivity contribution in [2.45, 2.75) is 31.7 Å². The van der Waals surface area contributed by atoms with Gasteiger partial charge in [0, 0.05) is 12.6 Å². The Bertz CT molecular complexity index is 562. The van der Waals surface area contributed by atoms with E-state index in [2.05, 4.69) is 4.99 Å². The number of carbonyl (C=O) groups is 1. The van der Waals surface area contributed by atoms with E-state index >= 15 is 0 Å². The third kappa shape index (κ3) is 2.02. The molecular weight excluding hydrogens is 258 g/mol. The zero-order chi connectivity index (χ0) is 14.3. The summed E-state index contributed by atoms with van der Waals surface area (Å²) in [5.74, 6) is 1.09. The van der Waals surface area contributed by atoms with Gasteiger partial charge in [-0.15, -0.1) is 0 Å². The molecule has 6 heteroatoms. The van der Waals surface area contributed by atoms with Crippen molar-refractivity contribution >= 4 is 11.8 Å². The van der Waals surface area contributed by atoms with Crippen LogP contribution in [0.1, 0.15) is 13.3 Å². The monoisotopic (exact) mass is 275 g/mol. The Morgan fingerprint density at radius 2 is 2.40 bits per heavy atom. The van der Waals surface area contributed by atoms with Crippen LogP contribution in [0, 0.1) is 0 Å². The molecule has 3 atom stereocenters. The highest BCUT2D eigenvalue weighted by Crippen LogP contribution is 2.29. The maximum Gasteiger partial charge on any atom is 0.338 e. The van der Waals surface area contributed by atoms with Crippen molar-refractivity contribution in [2.24, 2.45) is 10.7 Å². The number of ether oxygens (including phenoxy) is 2. The second-order valence-corrected chi connectivity index (χ2v) is 5.01. The molecule has 0 bridgehead atoms. The molecule has 3 heterocycles.